The van der Waals surface area contributed by atoms with E-state index in [1.54, 1.807) is 10.9 Å². The summed E-state index contributed by atoms with van der Waals surface area (Å²) in [5, 5.41) is 15.0. The molecule has 0 saturated carbocycles. The zero-order chi connectivity index (χ0) is 21.1. The lowest BCUT2D eigenvalue weighted by Crippen LogP contribution is -2.14. The summed E-state index contributed by atoms with van der Waals surface area (Å²) in [4.78, 5) is 17.3. The molecule has 152 valence electrons. The third-order valence-corrected chi connectivity index (χ3v) is 4.66. The molecule has 0 atom stereocenters. The number of benzene rings is 2. The number of nitrogens with one attached hydrogen (secondary N) is 1. The van der Waals surface area contributed by atoms with Crippen molar-refractivity contribution in [2.24, 2.45) is 0 Å². The molecule has 1 amide bonds. The van der Waals surface area contributed by atoms with E-state index in [2.05, 4.69) is 25.8 Å². The summed E-state index contributed by atoms with van der Waals surface area (Å²) in [5.41, 5.74) is 3.46. The quantitative estimate of drug-likeness (QED) is 0.522. The van der Waals surface area contributed by atoms with Crippen LogP contribution in [0.25, 0.3) is 11.5 Å². The van der Waals surface area contributed by atoms with Gasteiger partial charge in [0.05, 0.1) is 24.0 Å². The summed E-state index contributed by atoms with van der Waals surface area (Å²) >= 11 is 0. The van der Waals surface area contributed by atoms with Gasteiger partial charge in [-0.05, 0) is 24.1 Å². The summed E-state index contributed by atoms with van der Waals surface area (Å²) in [6.45, 7) is 6.43. The number of carbonyl (C=O) groups excluding carboxylic acids is 1. The number of aryl methyl sites for hydroxylation is 1. The number of carbonyl (C=O) groups is 1. The number of hydrogen-bond donors (Lipinski definition) is 1. The predicted molar refractivity (Wildman–Crippen MR) is 112 cm³/mol. The van der Waals surface area contributed by atoms with Crippen molar-refractivity contribution < 1.29 is 9.32 Å². The molecule has 4 rings (SSSR count). The van der Waals surface area contributed by atoms with Crippen molar-refractivity contribution >= 4 is 11.6 Å². The van der Waals surface area contributed by atoms with Crippen molar-refractivity contribution in [1.29, 1.82) is 0 Å². The van der Waals surface area contributed by atoms with Gasteiger partial charge in [-0.2, -0.15) is 4.98 Å². The molecule has 1 N–H and O–H groups in total. The highest BCUT2D eigenvalue weighted by Gasteiger charge is 2.19. The van der Waals surface area contributed by atoms with Gasteiger partial charge in [0.1, 0.15) is 0 Å². The lowest BCUT2D eigenvalue weighted by Gasteiger charge is -2.10. The van der Waals surface area contributed by atoms with Crippen molar-refractivity contribution in [3.63, 3.8) is 0 Å². The minimum Gasteiger partial charge on any atom is -0.334 e. The molecule has 0 aliphatic heterocycles. The molecule has 2 heterocycles. The van der Waals surface area contributed by atoms with Gasteiger partial charge >= 0.3 is 0 Å². The lowest BCUT2D eigenvalue weighted by atomic mass is 10.1. The molecule has 2 aromatic heterocycles. The van der Waals surface area contributed by atoms with Crippen molar-refractivity contribution in [3.05, 3.63) is 77.4 Å². The molecule has 0 bridgehead atoms. The molecule has 0 radical (unpaired) electrons. The normalized spacial score (nSPS) is 11.1. The lowest BCUT2D eigenvalue weighted by molar-refractivity contribution is 0.102. The van der Waals surface area contributed by atoms with Gasteiger partial charge in [0.15, 0.2) is 11.5 Å². The maximum absolute atomic E-state index is 12.8. The van der Waals surface area contributed by atoms with Crippen LogP contribution in [0.2, 0.25) is 0 Å². The monoisotopic (exact) mass is 402 g/mol. The van der Waals surface area contributed by atoms with E-state index in [1.807, 2.05) is 69.3 Å². The number of hydrogen-bond acceptors (Lipinski definition) is 6. The second kappa shape index (κ2) is 8.28. The molecule has 2 aromatic carbocycles. The second-order valence-electron chi connectivity index (χ2n) is 7.35. The Morgan fingerprint density at radius 2 is 1.93 bits per heavy atom. The average Bonchev–Trinajstić information content (AvgIpc) is 3.40. The van der Waals surface area contributed by atoms with Gasteiger partial charge in [-0.15, -0.1) is 5.10 Å². The summed E-state index contributed by atoms with van der Waals surface area (Å²) in [5.74, 6) is 0.775. The average molecular weight is 402 g/mol. The van der Waals surface area contributed by atoms with Crippen LogP contribution in [0, 0.1) is 6.92 Å². The zero-order valence-corrected chi connectivity index (χ0v) is 17.0. The Hall–Kier alpha value is -3.81. The van der Waals surface area contributed by atoms with Crippen LogP contribution >= 0.6 is 0 Å². The van der Waals surface area contributed by atoms with Crippen LogP contribution < -0.4 is 5.32 Å². The molecular formula is C22H22N6O2. The van der Waals surface area contributed by atoms with Gasteiger partial charge in [0.2, 0.25) is 0 Å². The summed E-state index contributed by atoms with van der Waals surface area (Å²) in [6, 6.07) is 15.5. The van der Waals surface area contributed by atoms with E-state index in [-0.39, 0.29) is 17.5 Å². The maximum Gasteiger partial charge on any atom is 0.277 e. The molecule has 4 aromatic rings. The van der Waals surface area contributed by atoms with Gasteiger partial charge in [0, 0.05) is 5.92 Å². The number of para-hydroxylation sites is 1. The first kappa shape index (κ1) is 19.5. The molecule has 0 aliphatic rings. The zero-order valence-electron chi connectivity index (χ0n) is 17.0. The summed E-state index contributed by atoms with van der Waals surface area (Å²) in [7, 11) is 0. The molecule has 8 heteroatoms. The largest absolute Gasteiger partial charge is 0.334 e. The number of anilines is 1. The van der Waals surface area contributed by atoms with E-state index in [1.165, 1.54) is 0 Å². The molecule has 30 heavy (non-hydrogen) atoms. The molecule has 0 unspecified atom stereocenters. The molecule has 0 aliphatic carbocycles. The first-order valence-electron chi connectivity index (χ1n) is 9.70. The third-order valence-electron chi connectivity index (χ3n) is 4.66. The van der Waals surface area contributed by atoms with Crippen molar-refractivity contribution in [2.45, 2.75) is 33.2 Å². The van der Waals surface area contributed by atoms with Crippen molar-refractivity contribution in [2.75, 3.05) is 5.32 Å². The van der Waals surface area contributed by atoms with Crippen LogP contribution in [-0.2, 0) is 6.54 Å². The van der Waals surface area contributed by atoms with Gasteiger partial charge in [-0.3, -0.25) is 4.79 Å². The maximum atomic E-state index is 12.8. The standard InChI is InChI=1S/C22H22N6O2/c1-14(2)20-24-22(30-26-20)17-11-7-8-15(3)19(17)23-21(29)18-13-28(27-25-18)12-16-9-5-4-6-10-16/h4-11,13-14H,12H2,1-3H3,(H,23,29). The fraction of sp³-hybridized carbons (Fsp3) is 0.227. The van der Waals surface area contributed by atoms with Gasteiger partial charge < -0.3 is 9.84 Å². The Labute approximate surface area is 173 Å². The first-order valence-corrected chi connectivity index (χ1v) is 9.70. The van der Waals surface area contributed by atoms with Crippen LogP contribution in [-0.4, -0.2) is 31.0 Å². The highest BCUT2D eigenvalue weighted by Crippen LogP contribution is 2.30. The van der Waals surface area contributed by atoms with Crippen LogP contribution in [0.3, 0.4) is 0 Å². The minimum absolute atomic E-state index is 0.144. The fourth-order valence-electron chi connectivity index (χ4n) is 3.02. The smallest absolute Gasteiger partial charge is 0.277 e. The molecule has 8 nitrogen and oxygen atoms in total. The number of amides is 1. The van der Waals surface area contributed by atoms with Crippen LogP contribution in [0.4, 0.5) is 5.69 Å². The number of aromatic nitrogens is 5. The van der Waals surface area contributed by atoms with E-state index < -0.39 is 0 Å². The summed E-state index contributed by atoms with van der Waals surface area (Å²) in [6.07, 6.45) is 1.63. The van der Waals surface area contributed by atoms with Crippen molar-refractivity contribution in [3.8, 4) is 11.5 Å². The Morgan fingerprint density at radius 1 is 1.13 bits per heavy atom. The molecule has 0 fully saturated rings. The predicted octanol–water partition coefficient (Wildman–Crippen LogP) is 4.06. The van der Waals surface area contributed by atoms with E-state index in [9.17, 15) is 4.79 Å². The first-order chi connectivity index (χ1) is 14.5. The van der Waals surface area contributed by atoms with E-state index in [0.29, 0.717) is 29.5 Å². The van der Waals surface area contributed by atoms with Gasteiger partial charge in [-0.25, -0.2) is 4.68 Å². The van der Waals surface area contributed by atoms with Gasteiger partial charge in [0.25, 0.3) is 11.8 Å². The molecule has 0 saturated heterocycles. The molecule has 0 spiro atoms. The summed E-state index contributed by atoms with van der Waals surface area (Å²) < 4.78 is 7.06. The highest BCUT2D eigenvalue weighted by molar-refractivity contribution is 6.05. The van der Waals surface area contributed by atoms with E-state index >= 15 is 0 Å². The second-order valence-corrected chi connectivity index (χ2v) is 7.35. The van der Waals surface area contributed by atoms with E-state index in [0.717, 1.165) is 11.1 Å². The Balaban J connectivity index is 1.56. The number of rotatable bonds is 6. The van der Waals surface area contributed by atoms with E-state index in [4.69, 9.17) is 4.52 Å². The van der Waals surface area contributed by atoms with Crippen LogP contribution in [0.5, 0.6) is 0 Å². The Morgan fingerprint density at radius 3 is 2.67 bits per heavy atom. The SMILES string of the molecule is Cc1cccc(-c2nc(C(C)C)no2)c1NC(=O)c1cn(Cc2ccccc2)nn1. The Bertz CT molecular complexity index is 1160. The molecular weight excluding hydrogens is 380 g/mol. The van der Waals surface area contributed by atoms with Gasteiger partial charge in [-0.1, -0.05) is 66.7 Å². The minimum atomic E-state index is -0.353. The highest BCUT2D eigenvalue weighted by atomic mass is 16.5. The van der Waals surface area contributed by atoms with Crippen LogP contribution in [0.1, 0.15) is 47.2 Å². The fourth-order valence-corrected chi connectivity index (χ4v) is 3.02. The third kappa shape index (κ3) is 4.12. The van der Waals surface area contributed by atoms with Crippen molar-refractivity contribution in [1.82, 2.24) is 25.1 Å². The topological polar surface area (TPSA) is 98.7 Å². The number of nitrogens with zero attached hydrogens (tertiary/aromatic N) is 5. The van der Waals surface area contributed by atoms with Crippen LogP contribution in [0.15, 0.2) is 59.3 Å². The Kier molecular flexibility index (Phi) is 5.38.